The van der Waals surface area contributed by atoms with E-state index in [0.29, 0.717) is 19.4 Å². The lowest BCUT2D eigenvalue weighted by molar-refractivity contribution is -0.143. The van der Waals surface area contributed by atoms with Crippen molar-refractivity contribution in [3.8, 4) is 0 Å². The fraction of sp³-hybridized carbons (Fsp3) is 0.650. The van der Waals surface area contributed by atoms with Gasteiger partial charge in [-0.2, -0.15) is 0 Å². The third-order valence-corrected chi connectivity index (χ3v) is 4.91. The van der Waals surface area contributed by atoms with Crippen LogP contribution in [-0.2, 0) is 28.8 Å². The van der Waals surface area contributed by atoms with Crippen LogP contribution in [0, 0.1) is 0 Å². The number of hydrogen-bond donors (Lipinski definition) is 10. The van der Waals surface area contributed by atoms with Crippen molar-refractivity contribution in [2.24, 2.45) is 33.7 Å². The molecular weight excluding hydrogens is 494 g/mol. The quantitative estimate of drug-likeness (QED) is 0.0427. The van der Waals surface area contributed by atoms with Gasteiger partial charge in [-0.05, 0) is 38.6 Å². The van der Waals surface area contributed by atoms with E-state index in [1.807, 2.05) is 0 Å². The minimum Gasteiger partial charge on any atom is -0.481 e. The molecule has 0 aromatic rings. The maximum absolute atomic E-state index is 13.0. The van der Waals surface area contributed by atoms with Crippen LogP contribution in [0.25, 0.3) is 0 Å². The largest absolute Gasteiger partial charge is 0.481 e. The van der Waals surface area contributed by atoms with Gasteiger partial charge in [0.05, 0.1) is 18.9 Å². The Morgan fingerprint density at radius 1 is 0.730 bits per heavy atom. The second-order valence-electron chi connectivity index (χ2n) is 8.13. The molecule has 17 nitrogen and oxygen atoms in total. The summed E-state index contributed by atoms with van der Waals surface area (Å²) in [5.74, 6) is -6.61. The number of aliphatic imine (C=N–C) groups is 1. The number of carbonyl (C=O) groups is 6. The molecule has 0 aliphatic carbocycles. The fourth-order valence-corrected chi connectivity index (χ4v) is 3.04. The van der Waals surface area contributed by atoms with E-state index in [1.165, 1.54) is 0 Å². The summed E-state index contributed by atoms with van der Waals surface area (Å²) in [7, 11) is 0. The third kappa shape index (κ3) is 14.9. The lowest BCUT2D eigenvalue weighted by atomic mass is 10.0. The second-order valence-corrected chi connectivity index (χ2v) is 8.13. The SMILES string of the molecule is NCCCCC(NC(=O)C(CCCN=C(N)N)NC(=O)C(N)CC(=O)O)C(=O)NC(CC(N)=O)C(=O)O. The summed E-state index contributed by atoms with van der Waals surface area (Å²) in [4.78, 5) is 75.3. The number of hydrogen-bond acceptors (Lipinski definition) is 9. The van der Waals surface area contributed by atoms with E-state index in [-0.39, 0.29) is 31.8 Å². The van der Waals surface area contributed by atoms with Crippen LogP contribution in [0.1, 0.15) is 44.9 Å². The van der Waals surface area contributed by atoms with Crippen LogP contribution >= 0.6 is 0 Å². The molecule has 0 aromatic heterocycles. The average molecular weight is 532 g/mol. The Bertz CT molecular complexity index is 848. The van der Waals surface area contributed by atoms with E-state index in [0.717, 1.165) is 0 Å². The third-order valence-electron chi connectivity index (χ3n) is 4.91. The molecule has 0 fully saturated rings. The first-order valence-corrected chi connectivity index (χ1v) is 11.4. The van der Waals surface area contributed by atoms with E-state index in [4.69, 9.17) is 33.8 Å². The zero-order chi connectivity index (χ0) is 28.5. The van der Waals surface area contributed by atoms with Crippen LogP contribution < -0.4 is 44.6 Å². The summed E-state index contributed by atoms with van der Waals surface area (Å²) in [5.41, 5.74) is 26.6. The number of carbonyl (C=O) groups excluding carboxylic acids is 4. The van der Waals surface area contributed by atoms with Crippen molar-refractivity contribution in [1.82, 2.24) is 16.0 Å². The first-order chi connectivity index (χ1) is 17.3. The Morgan fingerprint density at radius 2 is 1.24 bits per heavy atom. The summed E-state index contributed by atoms with van der Waals surface area (Å²) in [5, 5.41) is 25.1. The molecule has 4 amide bonds. The van der Waals surface area contributed by atoms with E-state index in [2.05, 4.69) is 20.9 Å². The van der Waals surface area contributed by atoms with Gasteiger partial charge in [0.15, 0.2) is 5.96 Å². The van der Waals surface area contributed by atoms with Crippen molar-refractivity contribution in [3.05, 3.63) is 0 Å². The van der Waals surface area contributed by atoms with Gasteiger partial charge >= 0.3 is 11.9 Å². The molecule has 0 aliphatic heterocycles. The van der Waals surface area contributed by atoms with Gasteiger partial charge in [-0.3, -0.25) is 29.0 Å². The van der Waals surface area contributed by atoms with Crippen LogP contribution in [0.2, 0.25) is 0 Å². The van der Waals surface area contributed by atoms with E-state index in [1.54, 1.807) is 0 Å². The molecule has 15 N–H and O–H groups in total. The summed E-state index contributed by atoms with van der Waals surface area (Å²) in [6.45, 7) is 0.406. The Balaban J connectivity index is 5.67. The van der Waals surface area contributed by atoms with Crippen LogP contribution in [0.4, 0.5) is 0 Å². The van der Waals surface area contributed by atoms with Crippen molar-refractivity contribution >= 4 is 41.5 Å². The molecule has 0 saturated carbocycles. The zero-order valence-corrected chi connectivity index (χ0v) is 20.4. The number of guanidine groups is 1. The number of nitrogens with zero attached hydrogens (tertiary/aromatic N) is 1. The number of primary amides is 1. The van der Waals surface area contributed by atoms with Gasteiger partial charge < -0.3 is 54.8 Å². The number of carboxylic acid groups (broad SMARTS) is 2. The highest BCUT2D eigenvalue weighted by Gasteiger charge is 2.30. The molecule has 0 bridgehead atoms. The minimum absolute atomic E-state index is 0.00922. The average Bonchev–Trinajstić information content (AvgIpc) is 2.78. The van der Waals surface area contributed by atoms with E-state index >= 15 is 0 Å². The monoisotopic (exact) mass is 531 g/mol. The topological polar surface area (TPSA) is 321 Å². The number of unbranched alkanes of at least 4 members (excludes halogenated alkanes) is 1. The summed E-state index contributed by atoms with van der Waals surface area (Å²) >= 11 is 0. The van der Waals surface area contributed by atoms with E-state index < -0.39 is 72.6 Å². The summed E-state index contributed by atoms with van der Waals surface area (Å²) < 4.78 is 0. The molecule has 0 aromatic carbocycles. The first-order valence-electron chi connectivity index (χ1n) is 11.4. The molecule has 0 spiro atoms. The van der Waals surface area contributed by atoms with Crippen molar-refractivity contribution in [2.45, 2.75) is 69.1 Å². The van der Waals surface area contributed by atoms with Gasteiger partial charge in [-0.25, -0.2) is 4.79 Å². The molecule has 0 rings (SSSR count). The molecule has 4 atom stereocenters. The van der Waals surface area contributed by atoms with Crippen molar-refractivity contribution in [3.63, 3.8) is 0 Å². The molecule has 37 heavy (non-hydrogen) atoms. The molecular formula is C20H37N9O8. The molecule has 0 saturated heterocycles. The lowest BCUT2D eigenvalue weighted by Crippen LogP contribution is -2.57. The highest BCUT2D eigenvalue weighted by molar-refractivity contribution is 5.95. The highest BCUT2D eigenvalue weighted by atomic mass is 16.4. The van der Waals surface area contributed by atoms with Gasteiger partial charge in [-0.15, -0.1) is 0 Å². The van der Waals surface area contributed by atoms with Crippen molar-refractivity contribution in [2.75, 3.05) is 13.1 Å². The molecule has 0 heterocycles. The maximum atomic E-state index is 13.0. The Morgan fingerprint density at radius 3 is 1.70 bits per heavy atom. The summed E-state index contributed by atoms with van der Waals surface area (Å²) in [6, 6.07) is -5.58. The number of amides is 4. The molecule has 210 valence electrons. The summed E-state index contributed by atoms with van der Waals surface area (Å²) in [6.07, 6.45) is -0.215. The first kappa shape index (κ1) is 33.0. The molecule has 17 heteroatoms. The Hall–Kier alpha value is -3.99. The van der Waals surface area contributed by atoms with Crippen molar-refractivity contribution in [1.29, 1.82) is 0 Å². The van der Waals surface area contributed by atoms with Gasteiger partial charge in [-0.1, -0.05) is 0 Å². The van der Waals surface area contributed by atoms with Gasteiger partial charge in [0, 0.05) is 6.54 Å². The van der Waals surface area contributed by atoms with Crippen LogP contribution in [0.15, 0.2) is 4.99 Å². The fourth-order valence-electron chi connectivity index (χ4n) is 3.04. The maximum Gasteiger partial charge on any atom is 0.326 e. The molecule has 0 aliphatic rings. The van der Waals surface area contributed by atoms with Gasteiger partial charge in [0.25, 0.3) is 0 Å². The van der Waals surface area contributed by atoms with Crippen LogP contribution in [-0.4, -0.2) is 89.0 Å². The number of carboxylic acids is 2. The van der Waals surface area contributed by atoms with E-state index in [9.17, 15) is 33.9 Å². The molecule has 4 unspecified atom stereocenters. The number of aliphatic carboxylic acids is 2. The van der Waals surface area contributed by atoms with Crippen LogP contribution in [0.3, 0.4) is 0 Å². The smallest absolute Gasteiger partial charge is 0.326 e. The standard InChI is InChI=1S/C20H37N9O8/c21-6-2-1-4-11(18(35)29-13(19(36)37)9-14(23)30)28-17(34)12(5-3-7-26-20(24)25)27-16(33)10(22)8-15(31)32/h10-13H,1-9,21-22H2,(H2,23,30)(H,27,33)(H,28,34)(H,29,35)(H,31,32)(H,36,37)(H4,24,25,26). The Kier molecular flexibility index (Phi) is 15.6. The minimum atomic E-state index is -1.62. The van der Waals surface area contributed by atoms with Gasteiger partial charge in [0.1, 0.15) is 18.1 Å². The number of rotatable bonds is 19. The lowest BCUT2D eigenvalue weighted by Gasteiger charge is -2.25. The second kappa shape index (κ2) is 17.4. The van der Waals surface area contributed by atoms with Crippen molar-refractivity contribution < 1.29 is 39.0 Å². The predicted molar refractivity (Wildman–Crippen MR) is 130 cm³/mol. The predicted octanol–water partition coefficient (Wildman–Crippen LogP) is -4.61. The number of nitrogens with one attached hydrogen (secondary N) is 3. The zero-order valence-electron chi connectivity index (χ0n) is 20.4. The van der Waals surface area contributed by atoms with Crippen LogP contribution in [0.5, 0.6) is 0 Å². The normalized spacial score (nSPS) is 13.8. The Labute approximate surface area is 212 Å². The van der Waals surface area contributed by atoms with Gasteiger partial charge in [0.2, 0.25) is 23.6 Å². The number of nitrogens with two attached hydrogens (primary N) is 5. The molecule has 0 radical (unpaired) electrons. The highest BCUT2D eigenvalue weighted by Crippen LogP contribution is 2.06.